The molecule has 5 nitrogen and oxygen atoms in total. The van der Waals surface area contributed by atoms with E-state index in [9.17, 15) is 4.79 Å². The summed E-state index contributed by atoms with van der Waals surface area (Å²) in [5.41, 5.74) is 0. The average Bonchev–Trinajstić information content (AvgIpc) is 2.30. The van der Waals surface area contributed by atoms with Gasteiger partial charge in [0, 0.05) is 39.3 Å². The van der Waals surface area contributed by atoms with Crippen molar-refractivity contribution in [2.75, 3.05) is 52.5 Å². The molecule has 5 heteroatoms. The fraction of sp³-hybridized carbons (Fsp3) is 0.923. The molecule has 1 aliphatic rings. The minimum Gasteiger partial charge on any atom is -0.480 e. The van der Waals surface area contributed by atoms with Crippen molar-refractivity contribution in [3.63, 3.8) is 0 Å². The molecule has 0 spiro atoms. The number of piperazine rings is 1. The summed E-state index contributed by atoms with van der Waals surface area (Å²) >= 11 is 0. The summed E-state index contributed by atoms with van der Waals surface area (Å²) in [4.78, 5) is 14.9. The van der Waals surface area contributed by atoms with Crippen molar-refractivity contribution in [3.05, 3.63) is 0 Å². The zero-order valence-corrected chi connectivity index (χ0v) is 11.6. The molecule has 1 heterocycles. The fourth-order valence-electron chi connectivity index (χ4n) is 1.98. The van der Waals surface area contributed by atoms with Gasteiger partial charge in [-0.2, -0.15) is 0 Å². The van der Waals surface area contributed by atoms with E-state index in [1.807, 2.05) is 4.90 Å². The Balaban J connectivity index is 2.00. The summed E-state index contributed by atoms with van der Waals surface area (Å²) in [5.74, 6) is -0.0370. The molecular weight excluding hydrogens is 232 g/mol. The summed E-state index contributed by atoms with van der Waals surface area (Å²) in [6.45, 7) is 10.7. The largest absolute Gasteiger partial charge is 0.480 e. The molecule has 0 bridgehead atoms. The highest BCUT2D eigenvalue weighted by Gasteiger charge is 2.17. The third-order valence-electron chi connectivity index (χ3n) is 3.22. The van der Waals surface area contributed by atoms with Gasteiger partial charge in [0.15, 0.2) is 0 Å². The van der Waals surface area contributed by atoms with Gasteiger partial charge in [0.2, 0.25) is 0 Å². The molecule has 0 aromatic heterocycles. The number of ether oxygens (including phenoxy) is 1. The number of nitrogens with zero attached hydrogens (tertiary/aromatic N) is 2. The highest BCUT2D eigenvalue weighted by atomic mass is 16.5. The van der Waals surface area contributed by atoms with E-state index >= 15 is 0 Å². The monoisotopic (exact) mass is 258 g/mol. The summed E-state index contributed by atoms with van der Waals surface area (Å²) in [7, 11) is 0. The number of hydrogen-bond donors (Lipinski definition) is 1. The molecule has 1 aliphatic heterocycles. The van der Waals surface area contributed by atoms with Crippen molar-refractivity contribution in [1.29, 1.82) is 0 Å². The zero-order valence-electron chi connectivity index (χ0n) is 11.6. The molecule has 0 aromatic rings. The van der Waals surface area contributed by atoms with Gasteiger partial charge in [0.05, 0.1) is 13.2 Å². The standard InChI is InChI=1S/C13H26N2O3/c1-12(2)3-9-18-10-8-14-4-6-15(7-5-14)11-13(16)17/h12H,3-11H2,1-2H3,(H,16,17). The van der Waals surface area contributed by atoms with Crippen molar-refractivity contribution in [3.8, 4) is 0 Å². The average molecular weight is 258 g/mol. The van der Waals surface area contributed by atoms with Crippen LogP contribution in [0.3, 0.4) is 0 Å². The molecule has 0 atom stereocenters. The predicted octanol–water partition coefficient (Wildman–Crippen LogP) is 0.751. The van der Waals surface area contributed by atoms with E-state index in [-0.39, 0.29) is 6.54 Å². The van der Waals surface area contributed by atoms with Crippen LogP contribution >= 0.6 is 0 Å². The highest BCUT2D eigenvalue weighted by molar-refractivity contribution is 5.69. The third kappa shape index (κ3) is 6.93. The Kier molecular flexibility index (Phi) is 7.23. The maximum atomic E-state index is 10.6. The van der Waals surface area contributed by atoms with Gasteiger partial charge in [-0.25, -0.2) is 0 Å². The summed E-state index contributed by atoms with van der Waals surface area (Å²) in [5, 5.41) is 8.70. The maximum absolute atomic E-state index is 10.6. The van der Waals surface area contributed by atoms with E-state index in [1.165, 1.54) is 0 Å². The van der Waals surface area contributed by atoms with Crippen molar-refractivity contribution < 1.29 is 14.6 Å². The van der Waals surface area contributed by atoms with Crippen LogP contribution in [0.15, 0.2) is 0 Å². The van der Waals surface area contributed by atoms with Gasteiger partial charge in [-0.3, -0.25) is 14.6 Å². The molecule has 106 valence electrons. The topological polar surface area (TPSA) is 53.0 Å². The SMILES string of the molecule is CC(C)CCOCCN1CCN(CC(=O)O)CC1. The Morgan fingerprint density at radius 1 is 1.17 bits per heavy atom. The number of carbonyl (C=O) groups is 1. The Morgan fingerprint density at radius 2 is 1.78 bits per heavy atom. The molecule has 1 saturated heterocycles. The number of hydrogen-bond acceptors (Lipinski definition) is 4. The lowest BCUT2D eigenvalue weighted by atomic mass is 10.1. The van der Waals surface area contributed by atoms with Gasteiger partial charge >= 0.3 is 5.97 Å². The molecule has 0 amide bonds. The number of carboxylic acids is 1. The molecular formula is C13H26N2O3. The van der Waals surface area contributed by atoms with Gasteiger partial charge in [0.25, 0.3) is 0 Å². The predicted molar refractivity (Wildman–Crippen MR) is 70.8 cm³/mol. The van der Waals surface area contributed by atoms with Crippen LogP contribution in [0.2, 0.25) is 0 Å². The summed E-state index contributed by atoms with van der Waals surface area (Å²) in [6.07, 6.45) is 1.12. The summed E-state index contributed by atoms with van der Waals surface area (Å²) < 4.78 is 5.59. The number of rotatable bonds is 8. The number of aliphatic carboxylic acids is 1. The van der Waals surface area contributed by atoms with Crippen LogP contribution in [0.5, 0.6) is 0 Å². The minimum atomic E-state index is -0.736. The first-order valence-corrected chi connectivity index (χ1v) is 6.82. The van der Waals surface area contributed by atoms with Gasteiger partial charge < -0.3 is 9.84 Å². The molecule has 1 fully saturated rings. The van der Waals surface area contributed by atoms with Crippen LogP contribution in [0.25, 0.3) is 0 Å². The first-order chi connectivity index (χ1) is 8.58. The van der Waals surface area contributed by atoms with E-state index in [0.29, 0.717) is 5.92 Å². The van der Waals surface area contributed by atoms with Crippen molar-refractivity contribution in [2.45, 2.75) is 20.3 Å². The van der Waals surface area contributed by atoms with Crippen molar-refractivity contribution >= 4 is 5.97 Å². The molecule has 0 aromatic carbocycles. The summed E-state index contributed by atoms with van der Waals surface area (Å²) in [6, 6.07) is 0. The lowest BCUT2D eigenvalue weighted by molar-refractivity contribution is -0.138. The lowest BCUT2D eigenvalue weighted by Gasteiger charge is -2.33. The highest BCUT2D eigenvalue weighted by Crippen LogP contribution is 2.02. The van der Waals surface area contributed by atoms with E-state index in [4.69, 9.17) is 9.84 Å². The van der Waals surface area contributed by atoms with Crippen LogP contribution in [0.1, 0.15) is 20.3 Å². The van der Waals surface area contributed by atoms with E-state index in [0.717, 1.165) is 52.4 Å². The van der Waals surface area contributed by atoms with E-state index in [2.05, 4.69) is 18.7 Å². The van der Waals surface area contributed by atoms with Gasteiger partial charge in [0.1, 0.15) is 0 Å². The molecule has 0 saturated carbocycles. The molecule has 0 aliphatic carbocycles. The van der Waals surface area contributed by atoms with Crippen LogP contribution in [-0.4, -0.2) is 73.4 Å². The van der Waals surface area contributed by atoms with Gasteiger partial charge in [-0.1, -0.05) is 13.8 Å². The third-order valence-corrected chi connectivity index (χ3v) is 3.22. The minimum absolute atomic E-state index is 0.165. The Bertz CT molecular complexity index is 238. The number of carboxylic acid groups (broad SMARTS) is 1. The van der Waals surface area contributed by atoms with Crippen LogP contribution in [-0.2, 0) is 9.53 Å². The maximum Gasteiger partial charge on any atom is 0.317 e. The van der Waals surface area contributed by atoms with Gasteiger partial charge in [-0.05, 0) is 12.3 Å². The Morgan fingerprint density at radius 3 is 2.33 bits per heavy atom. The second-order valence-corrected chi connectivity index (χ2v) is 5.31. The van der Waals surface area contributed by atoms with Crippen LogP contribution in [0, 0.1) is 5.92 Å². The van der Waals surface area contributed by atoms with Gasteiger partial charge in [-0.15, -0.1) is 0 Å². The van der Waals surface area contributed by atoms with Crippen molar-refractivity contribution in [2.24, 2.45) is 5.92 Å². The first kappa shape index (κ1) is 15.4. The zero-order chi connectivity index (χ0) is 13.4. The Labute approximate surface area is 110 Å². The lowest BCUT2D eigenvalue weighted by Crippen LogP contribution is -2.48. The first-order valence-electron chi connectivity index (χ1n) is 6.82. The van der Waals surface area contributed by atoms with E-state index in [1.54, 1.807) is 0 Å². The van der Waals surface area contributed by atoms with Crippen LogP contribution < -0.4 is 0 Å². The molecule has 0 unspecified atom stereocenters. The molecule has 18 heavy (non-hydrogen) atoms. The second kappa shape index (κ2) is 8.45. The molecule has 1 N–H and O–H groups in total. The second-order valence-electron chi connectivity index (χ2n) is 5.31. The normalized spacial score (nSPS) is 18.4. The quantitative estimate of drug-likeness (QED) is 0.651. The fourth-order valence-corrected chi connectivity index (χ4v) is 1.98. The molecule has 0 radical (unpaired) electrons. The van der Waals surface area contributed by atoms with E-state index < -0.39 is 5.97 Å². The van der Waals surface area contributed by atoms with Crippen molar-refractivity contribution in [1.82, 2.24) is 9.80 Å². The smallest absolute Gasteiger partial charge is 0.317 e. The Hall–Kier alpha value is -0.650. The molecule has 1 rings (SSSR count). The van der Waals surface area contributed by atoms with Crippen LogP contribution in [0.4, 0.5) is 0 Å².